The summed E-state index contributed by atoms with van der Waals surface area (Å²) in [6.07, 6.45) is 4.79. The van der Waals surface area contributed by atoms with Gasteiger partial charge in [-0.25, -0.2) is 5.43 Å². The molecule has 0 atom stereocenters. The van der Waals surface area contributed by atoms with Crippen LogP contribution in [0.15, 0.2) is 59.7 Å². The first kappa shape index (κ1) is 17.2. The topological polar surface area (TPSA) is 70.1 Å². The molecular weight excluding hydrogens is 336 g/mol. The van der Waals surface area contributed by atoms with E-state index in [9.17, 15) is 4.79 Å². The van der Waals surface area contributed by atoms with Crippen LogP contribution in [0.3, 0.4) is 0 Å². The number of hydrazone groups is 1. The third-order valence-corrected chi connectivity index (χ3v) is 4.98. The largest absolute Gasteiger partial charge is 0.289 e. The van der Waals surface area contributed by atoms with Gasteiger partial charge in [-0.15, -0.1) is 0 Å². The third-order valence-electron chi connectivity index (χ3n) is 4.98. The maximum Gasteiger partial charge on any atom is 0.289 e. The van der Waals surface area contributed by atoms with Crippen molar-refractivity contribution in [3.05, 3.63) is 77.0 Å². The third kappa shape index (κ3) is 3.82. The molecule has 0 saturated carbocycles. The molecule has 2 N–H and O–H groups in total. The summed E-state index contributed by atoms with van der Waals surface area (Å²) in [6, 6.07) is 17.9. The highest BCUT2D eigenvalue weighted by Crippen LogP contribution is 2.22. The van der Waals surface area contributed by atoms with Crippen LogP contribution in [0.4, 0.5) is 0 Å². The number of nitrogens with one attached hydrogen (secondary N) is 2. The van der Waals surface area contributed by atoms with Gasteiger partial charge < -0.3 is 0 Å². The lowest BCUT2D eigenvalue weighted by Crippen LogP contribution is -2.19. The fraction of sp³-hybridized carbons (Fsp3) is 0.227. The van der Waals surface area contributed by atoms with Crippen LogP contribution in [-0.4, -0.2) is 21.8 Å². The minimum atomic E-state index is -0.304. The standard InChI is InChI=1S/C22H22N4O/c1-15(18-12-11-16-7-5-6-10-19(16)13-18)23-26-22(27)21-14-20(24-25-21)17-8-3-2-4-9-17/h2-4,8-9,11-14H,5-7,10H2,1H3,(H,24,25)(H,26,27). The zero-order valence-electron chi connectivity index (χ0n) is 15.3. The predicted molar refractivity (Wildman–Crippen MR) is 107 cm³/mol. The van der Waals surface area contributed by atoms with Gasteiger partial charge in [-0.1, -0.05) is 42.5 Å². The minimum absolute atomic E-state index is 0.304. The molecule has 0 fully saturated rings. The molecule has 1 aliphatic carbocycles. The number of carbonyl (C=O) groups is 1. The van der Waals surface area contributed by atoms with E-state index in [0.717, 1.165) is 35.4 Å². The van der Waals surface area contributed by atoms with E-state index in [1.54, 1.807) is 6.07 Å². The number of fused-ring (bicyclic) bond motifs is 1. The Morgan fingerprint density at radius 3 is 2.63 bits per heavy atom. The van der Waals surface area contributed by atoms with Gasteiger partial charge in [0, 0.05) is 5.56 Å². The molecule has 136 valence electrons. The van der Waals surface area contributed by atoms with Crippen LogP contribution < -0.4 is 5.43 Å². The summed E-state index contributed by atoms with van der Waals surface area (Å²) >= 11 is 0. The molecule has 0 aliphatic heterocycles. The number of amides is 1. The molecule has 0 bridgehead atoms. The van der Waals surface area contributed by atoms with E-state index >= 15 is 0 Å². The maximum absolute atomic E-state index is 12.4. The van der Waals surface area contributed by atoms with Gasteiger partial charge in [0.25, 0.3) is 5.91 Å². The van der Waals surface area contributed by atoms with Crippen molar-refractivity contribution in [2.24, 2.45) is 5.10 Å². The summed E-state index contributed by atoms with van der Waals surface area (Å²) in [5, 5.41) is 11.3. The first-order valence-electron chi connectivity index (χ1n) is 9.28. The van der Waals surface area contributed by atoms with Gasteiger partial charge in [0.05, 0.1) is 11.4 Å². The van der Waals surface area contributed by atoms with Crippen LogP contribution in [-0.2, 0) is 12.8 Å². The number of carbonyl (C=O) groups excluding carboxylic acids is 1. The second-order valence-corrected chi connectivity index (χ2v) is 6.86. The molecule has 0 unspecified atom stereocenters. The fourth-order valence-electron chi connectivity index (χ4n) is 3.41. The number of aromatic amines is 1. The molecule has 4 rings (SSSR count). The number of aryl methyl sites for hydroxylation is 2. The highest BCUT2D eigenvalue weighted by molar-refractivity contribution is 6.00. The minimum Gasteiger partial charge on any atom is -0.272 e. The van der Waals surface area contributed by atoms with Gasteiger partial charge in [-0.05, 0) is 61.4 Å². The summed E-state index contributed by atoms with van der Waals surface area (Å²) in [6.45, 7) is 1.91. The second-order valence-electron chi connectivity index (χ2n) is 6.86. The molecule has 0 radical (unpaired) electrons. The van der Waals surface area contributed by atoms with Crippen LogP contribution in [0, 0.1) is 0 Å². The molecule has 1 heterocycles. The highest BCUT2D eigenvalue weighted by Gasteiger charge is 2.12. The lowest BCUT2D eigenvalue weighted by molar-refractivity contribution is 0.0950. The van der Waals surface area contributed by atoms with Crippen molar-refractivity contribution < 1.29 is 4.79 Å². The monoisotopic (exact) mass is 358 g/mol. The van der Waals surface area contributed by atoms with Crippen molar-refractivity contribution in [3.8, 4) is 11.3 Å². The number of hydrogen-bond donors (Lipinski definition) is 2. The van der Waals surface area contributed by atoms with E-state index in [0.29, 0.717) is 5.69 Å². The van der Waals surface area contributed by atoms with Crippen molar-refractivity contribution in [1.29, 1.82) is 0 Å². The summed E-state index contributed by atoms with van der Waals surface area (Å²) in [4.78, 5) is 12.4. The van der Waals surface area contributed by atoms with Crippen LogP contribution in [0.25, 0.3) is 11.3 Å². The van der Waals surface area contributed by atoms with Crippen LogP contribution >= 0.6 is 0 Å². The van der Waals surface area contributed by atoms with Crippen LogP contribution in [0.5, 0.6) is 0 Å². The number of nitrogens with zero attached hydrogens (tertiary/aromatic N) is 2. The lowest BCUT2D eigenvalue weighted by atomic mass is 9.90. The fourth-order valence-corrected chi connectivity index (χ4v) is 3.41. The van der Waals surface area contributed by atoms with Gasteiger partial charge in [0.15, 0.2) is 0 Å². The van der Waals surface area contributed by atoms with Gasteiger partial charge in [-0.2, -0.15) is 10.2 Å². The molecular formula is C22H22N4O. The molecule has 5 heteroatoms. The Morgan fingerprint density at radius 2 is 1.81 bits per heavy atom. The zero-order chi connectivity index (χ0) is 18.6. The molecule has 3 aromatic rings. The van der Waals surface area contributed by atoms with Gasteiger partial charge >= 0.3 is 0 Å². The zero-order valence-corrected chi connectivity index (χ0v) is 15.3. The Hall–Kier alpha value is -3.21. The molecule has 1 amide bonds. The van der Waals surface area contributed by atoms with Gasteiger partial charge in [0.2, 0.25) is 0 Å². The molecule has 2 aromatic carbocycles. The second kappa shape index (κ2) is 7.58. The van der Waals surface area contributed by atoms with E-state index in [4.69, 9.17) is 0 Å². The smallest absolute Gasteiger partial charge is 0.272 e. The van der Waals surface area contributed by atoms with E-state index in [1.807, 2.05) is 37.3 Å². The maximum atomic E-state index is 12.4. The van der Waals surface area contributed by atoms with E-state index in [-0.39, 0.29) is 5.91 Å². The van der Waals surface area contributed by atoms with Crippen molar-refractivity contribution >= 4 is 11.6 Å². The number of benzene rings is 2. The molecule has 27 heavy (non-hydrogen) atoms. The Kier molecular flexibility index (Phi) is 4.83. The molecule has 1 aromatic heterocycles. The average Bonchev–Trinajstić information content (AvgIpc) is 3.22. The quantitative estimate of drug-likeness (QED) is 0.544. The van der Waals surface area contributed by atoms with Crippen molar-refractivity contribution in [1.82, 2.24) is 15.6 Å². The van der Waals surface area contributed by atoms with Crippen molar-refractivity contribution in [2.45, 2.75) is 32.6 Å². The normalized spacial score (nSPS) is 13.9. The van der Waals surface area contributed by atoms with Crippen LogP contribution in [0.2, 0.25) is 0 Å². The summed E-state index contributed by atoms with van der Waals surface area (Å²) in [5.74, 6) is -0.304. The highest BCUT2D eigenvalue weighted by atomic mass is 16.2. The van der Waals surface area contributed by atoms with E-state index in [2.05, 4.69) is 38.9 Å². The first-order chi connectivity index (χ1) is 13.2. The van der Waals surface area contributed by atoms with Gasteiger partial charge in [-0.3, -0.25) is 9.89 Å². The Balaban J connectivity index is 1.46. The number of aromatic nitrogens is 2. The predicted octanol–water partition coefficient (Wildman–Crippen LogP) is 4.11. The number of hydrogen-bond acceptors (Lipinski definition) is 3. The van der Waals surface area contributed by atoms with Crippen molar-refractivity contribution in [2.75, 3.05) is 0 Å². The first-order valence-corrected chi connectivity index (χ1v) is 9.28. The number of rotatable bonds is 4. The Labute approximate surface area is 158 Å². The van der Waals surface area contributed by atoms with Crippen molar-refractivity contribution in [3.63, 3.8) is 0 Å². The Morgan fingerprint density at radius 1 is 1.04 bits per heavy atom. The van der Waals surface area contributed by atoms with E-state index in [1.165, 1.54) is 24.0 Å². The Bertz CT molecular complexity index is 989. The molecule has 5 nitrogen and oxygen atoms in total. The molecule has 1 aliphatic rings. The van der Waals surface area contributed by atoms with E-state index < -0.39 is 0 Å². The van der Waals surface area contributed by atoms with Gasteiger partial charge in [0.1, 0.15) is 5.69 Å². The SMILES string of the molecule is CC(=NNC(=O)c1cc(-c2ccccc2)n[nH]1)c1ccc2c(c1)CCCC2. The molecule has 0 spiro atoms. The molecule has 0 saturated heterocycles. The lowest BCUT2D eigenvalue weighted by Gasteiger charge is -2.16. The summed E-state index contributed by atoms with van der Waals surface area (Å²) in [5.41, 5.74) is 9.38. The summed E-state index contributed by atoms with van der Waals surface area (Å²) < 4.78 is 0. The summed E-state index contributed by atoms with van der Waals surface area (Å²) in [7, 11) is 0. The number of H-pyrrole nitrogens is 1. The average molecular weight is 358 g/mol. The van der Waals surface area contributed by atoms with Crippen LogP contribution in [0.1, 0.15) is 46.9 Å².